The van der Waals surface area contributed by atoms with Gasteiger partial charge in [-0.15, -0.1) is 0 Å². The molecule has 1 rings (SSSR count). The number of hydrogen-bond acceptors (Lipinski definition) is 3. The van der Waals surface area contributed by atoms with E-state index < -0.39 is 0 Å². The molecule has 0 aliphatic carbocycles. The molecular weight excluding hydrogens is 280 g/mol. The topological polar surface area (TPSA) is 65.9 Å². The average molecular weight is 307 g/mol. The molecule has 0 saturated carbocycles. The minimum absolute atomic E-state index is 0.0392. The Morgan fingerprint density at radius 3 is 2.27 bits per heavy atom. The van der Waals surface area contributed by atoms with Crippen LogP contribution in [0.2, 0.25) is 0 Å². The van der Waals surface area contributed by atoms with Crippen LogP contribution >= 0.6 is 0 Å². The summed E-state index contributed by atoms with van der Waals surface area (Å²) in [6, 6.07) is 8.28. The summed E-state index contributed by atoms with van der Waals surface area (Å²) in [5, 5.41) is 5.27. The normalized spacial score (nSPS) is 11.6. The molecule has 1 aromatic rings. The second-order valence-electron chi connectivity index (χ2n) is 5.60. The van der Waals surface area contributed by atoms with Crippen LogP contribution in [0.3, 0.4) is 0 Å². The molecule has 3 N–H and O–H groups in total. The number of benzene rings is 1. The third kappa shape index (κ3) is 6.58. The van der Waals surface area contributed by atoms with Crippen LogP contribution < -0.4 is 20.4 Å². The van der Waals surface area contributed by atoms with Crippen molar-refractivity contribution in [3.05, 3.63) is 29.8 Å². The largest absolute Gasteiger partial charge is 0.378 e. The highest BCUT2D eigenvalue weighted by Gasteiger charge is 2.11. The highest BCUT2D eigenvalue weighted by Crippen LogP contribution is 2.11. The molecule has 2 amide bonds. The van der Waals surface area contributed by atoms with Crippen LogP contribution in [0.25, 0.3) is 0 Å². The Bertz CT molecular complexity index is 485. The first-order chi connectivity index (χ1) is 10.4. The lowest BCUT2D eigenvalue weighted by Crippen LogP contribution is -3.08. The van der Waals surface area contributed by atoms with Gasteiger partial charge in [-0.2, -0.15) is 0 Å². The van der Waals surface area contributed by atoms with Crippen molar-refractivity contribution in [1.82, 2.24) is 10.6 Å². The van der Waals surface area contributed by atoms with E-state index in [0.29, 0.717) is 13.1 Å². The summed E-state index contributed by atoms with van der Waals surface area (Å²) >= 11 is 0. The van der Waals surface area contributed by atoms with Crippen LogP contribution in [-0.4, -0.2) is 52.6 Å². The van der Waals surface area contributed by atoms with Crippen molar-refractivity contribution >= 4 is 17.5 Å². The minimum Gasteiger partial charge on any atom is -0.378 e. The van der Waals surface area contributed by atoms with E-state index in [2.05, 4.69) is 39.8 Å². The first-order valence-corrected chi connectivity index (χ1v) is 7.53. The number of quaternary nitrogens is 1. The number of nitrogens with zero attached hydrogens (tertiary/aromatic N) is 1. The van der Waals surface area contributed by atoms with Gasteiger partial charge in [0.1, 0.15) is 6.54 Å². The Balaban J connectivity index is 2.37. The van der Waals surface area contributed by atoms with E-state index in [4.69, 9.17) is 0 Å². The van der Waals surface area contributed by atoms with Crippen molar-refractivity contribution in [3.8, 4) is 0 Å². The molecule has 0 fully saturated rings. The molecule has 1 unspecified atom stereocenters. The van der Waals surface area contributed by atoms with Crippen molar-refractivity contribution in [1.29, 1.82) is 0 Å². The van der Waals surface area contributed by atoms with Gasteiger partial charge in [0, 0.05) is 31.9 Å². The maximum absolute atomic E-state index is 11.8. The maximum Gasteiger partial charge on any atom is 0.275 e. The van der Waals surface area contributed by atoms with Gasteiger partial charge in [-0.25, -0.2) is 0 Å². The lowest BCUT2D eigenvalue weighted by molar-refractivity contribution is -0.885. The number of anilines is 1. The lowest BCUT2D eigenvalue weighted by Gasteiger charge is -2.15. The van der Waals surface area contributed by atoms with E-state index in [1.54, 1.807) is 0 Å². The Kier molecular flexibility index (Phi) is 7.39. The Morgan fingerprint density at radius 2 is 1.73 bits per heavy atom. The van der Waals surface area contributed by atoms with Crippen LogP contribution in [-0.2, 0) is 16.1 Å². The third-order valence-electron chi connectivity index (χ3n) is 3.24. The fourth-order valence-corrected chi connectivity index (χ4v) is 2.10. The molecule has 0 aliphatic rings. The van der Waals surface area contributed by atoms with Gasteiger partial charge < -0.3 is 20.4 Å². The maximum atomic E-state index is 11.8. The number of rotatable bonds is 8. The fraction of sp³-hybridized carbons (Fsp3) is 0.500. The van der Waals surface area contributed by atoms with Crippen LogP contribution in [0, 0.1) is 0 Å². The summed E-state index contributed by atoms with van der Waals surface area (Å²) in [6.45, 7) is 3.57. The zero-order valence-electron chi connectivity index (χ0n) is 13.9. The number of nitrogens with one attached hydrogen (secondary N) is 3. The summed E-state index contributed by atoms with van der Waals surface area (Å²) in [5.74, 6) is -0.276. The number of amides is 2. The van der Waals surface area contributed by atoms with Crippen LogP contribution in [0.5, 0.6) is 0 Å². The van der Waals surface area contributed by atoms with Gasteiger partial charge in [0.05, 0.1) is 13.6 Å². The molecule has 0 aromatic heterocycles. The first kappa shape index (κ1) is 18.0. The highest BCUT2D eigenvalue weighted by molar-refractivity contribution is 5.84. The van der Waals surface area contributed by atoms with Crippen molar-refractivity contribution in [2.45, 2.75) is 13.5 Å². The summed E-state index contributed by atoms with van der Waals surface area (Å²) in [7, 11) is 5.97. The molecule has 6 heteroatoms. The predicted molar refractivity (Wildman–Crippen MR) is 87.9 cm³/mol. The molecule has 22 heavy (non-hydrogen) atoms. The Morgan fingerprint density at radius 1 is 1.09 bits per heavy atom. The first-order valence-electron chi connectivity index (χ1n) is 7.53. The summed E-state index contributed by atoms with van der Waals surface area (Å²) in [4.78, 5) is 26.2. The van der Waals surface area contributed by atoms with Gasteiger partial charge >= 0.3 is 0 Å². The van der Waals surface area contributed by atoms with Crippen LogP contribution in [0.1, 0.15) is 12.5 Å². The number of carbonyl (C=O) groups excluding carboxylic acids is 2. The fourth-order valence-electron chi connectivity index (χ4n) is 2.10. The molecule has 6 nitrogen and oxygen atoms in total. The monoisotopic (exact) mass is 307 g/mol. The van der Waals surface area contributed by atoms with Crippen molar-refractivity contribution in [2.24, 2.45) is 0 Å². The smallest absolute Gasteiger partial charge is 0.275 e. The van der Waals surface area contributed by atoms with Gasteiger partial charge in [0.15, 0.2) is 6.54 Å². The Hall–Kier alpha value is -2.08. The highest BCUT2D eigenvalue weighted by atomic mass is 16.2. The van der Waals surface area contributed by atoms with E-state index in [0.717, 1.165) is 17.1 Å². The van der Waals surface area contributed by atoms with Crippen LogP contribution in [0.4, 0.5) is 5.69 Å². The Labute approximate surface area is 132 Å². The van der Waals surface area contributed by atoms with Crippen molar-refractivity contribution < 1.29 is 14.5 Å². The van der Waals surface area contributed by atoms with E-state index in [-0.39, 0.29) is 18.4 Å². The van der Waals surface area contributed by atoms with E-state index in [9.17, 15) is 9.59 Å². The third-order valence-corrected chi connectivity index (χ3v) is 3.24. The summed E-state index contributed by atoms with van der Waals surface area (Å²) < 4.78 is 0. The zero-order chi connectivity index (χ0) is 16.5. The average Bonchev–Trinajstić information content (AvgIpc) is 2.46. The zero-order valence-corrected chi connectivity index (χ0v) is 13.9. The second-order valence-corrected chi connectivity index (χ2v) is 5.60. The molecule has 0 spiro atoms. The molecule has 0 saturated heterocycles. The predicted octanol–water partition coefficient (Wildman–Crippen LogP) is -0.980. The van der Waals surface area contributed by atoms with Gasteiger partial charge in [-0.05, 0) is 19.1 Å². The molecule has 0 heterocycles. The standard InChI is InChI=1S/C16H26N4O2/c1-5-17-15(21)10-18-16(22)12-20(4)11-13-6-8-14(9-7-13)19(2)3/h6-9H,5,10-12H2,1-4H3,(H,17,21)(H,18,22)/p+1. The number of hydrogen-bond donors (Lipinski definition) is 3. The summed E-state index contributed by atoms with van der Waals surface area (Å²) in [5.41, 5.74) is 2.33. The molecule has 0 radical (unpaired) electrons. The lowest BCUT2D eigenvalue weighted by atomic mass is 10.2. The summed E-state index contributed by atoms with van der Waals surface area (Å²) in [6.07, 6.45) is 0. The SMILES string of the molecule is CCNC(=O)CNC(=O)C[NH+](C)Cc1ccc(N(C)C)cc1. The van der Waals surface area contributed by atoms with Crippen LogP contribution in [0.15, 0.2) is 24.3 Å². The number of likely N-dealkylation sites (N-methyl/N-ethyl adjacent to an activating group) is 2. The molecule has 0 bridgehead atoms. The van der Waals surface area contributed by atoms with Gasteiger partial charge in [-0.1, -0.05) is 12.1 Å². The van der Waals surface area contributed by atoms with E-state index in [1.165, 1.54) is 5.56 Å². The molecule has 1 atom stereocenters. The molecule has 122 valence electrons. The van der Waals surface area contributed by atoms with E-state index in [1.807, 2.05) is 28.1 Å². The molecule has 0 aliphatic heterocycles. The quantitative estimate of drug-likeness (QED) is 0.578. The van der Waals surface area contributed by atoms with Gasteiger partial charge in [0.25, 0.3) is 5.91 Å². The van der Waals surface area contributed by atoms with E-state index >= 15 is 0 Å². The molecule has 1 aromatic carbocycles. The minimum atomic E-state index is -0.159. The van der Waals surface area contributed by atoms with Crippen molar-refractivity contribution in [2.75, 3.05) is 45.7 Å². The van der Waals surface area contributed by atoms with Crippen molar-refractivity contribution in [3.63, 3.8) is 0 Å². The number of carbonyl (C=O) groups is 2. The molecular formula is C16H27N4O2+. The van der Waals surface area contributed by atoms with Gasteiger partial charge in [-0.3, -0.25) is 9.59 Å². The van der Waals surface area contributed by atoms with Gasteiger partial charge in [0.2, 0.25) is 5.91 Å². The second kappa shape index (κ2) is 9.04.